The van der Waals surface area contributed by atoms with Gasteiger partial charge in [0.15, 0.2) is 6.10 Å². The Labute approximate surface area is 187 Å². The van der Waals surface area contributed by atoms with Crippen molar-refractivity contribution in [2.24, 2.45) is 0 Å². The molecule has 1 fully saturated rings. The van der Waals surface area contributed by atoms with Crippen LogP contribution in [0.1, 0.15) is 42.0 Å². The molecule has 31 heavy (non-hydrogen) atoms. The van der Waals surface area contributed by atoms with E-state index >= 15 is 0 Å². The molecular formula is C26H37N3O2. The van der Waals surface area contributed by atoms with Crippen molar-refractivity contribution in [1.29, 1.82) is 0 Å². The van der Waals surface area contributed by atoms with Crippen molar-refractivity contribution in [3.8, 4) is 5.75 Å². The fourth-order valence-electron chi connectivity index (χ4n) is 4.36. The third kappa shape index (κ3) is 5.59. The zero-order chi connectivity index (χ0) is 22.5. The van der Waals surface area contributed by atoms with E-state index in [1.54, 1.807) is 0 Å². The Kier molecular flexibility index (Phi) is 7.60. The van der Waals surface area contributed by atoms with Crippen LogP contribution < -0.4 is 10.5 Å². The summed E-state index contributed by atoms with van der Waals surface area (Å²) in [6.45, 7) is 10.9. The van der Waals surface area contributed by atoms with E-state index in [0.29, 0.717) is 0 Å². The first kappa shape index (κ1) is 23.1. The zero-order valence-electron chi connectivity index (χ0n) is 19.6. The van der Waals surface area contributed by atoms with Gasteiger partial charge in [-0.2, -0.15) is 0 Å². The lowest BCUT2D eigenvalue weighted by molar-refractivity contribution is -0.139. The number of anilines is 1. The molecule has 1 saturated heterocycles. The highest BCUT2D eigenvalue weighted by atomic mass is 16.5. The minimum atomic E-state index is -0.526. The van der Waals surface area contributed by atoms with Gasteiger partial charge in [0, 0.05) is 38.4 Å². The number of ether oxygens (including phenoxy) is 1. The molecule has 0 saturated carbocycles. The summed E-state index contributed by atoms with van der Waals surface area (Å²) in [5.74, 6) is 0.781. The first-order valence-electron chi connectivity index (χ1n) is 11.3. The van der Waals surface area contributed by atoms with Crippen LogP contribution in [0.3, 0.4) is 0 Å². The summed E-state index contributed by atoms with van der Waals surface area (Å²) in [7, 11) is 1.92. The van der Waals surface area contributed by atoms with Crippen LogP contribution >= 0.6 is 0 Å². The number of hydrogen-bond acceptors (Lipinski definition) is 4. The summed E-state index contributed by atoms with van der Waals surface area (Å²) in [5, 5.41) is 0. The molecule has 0 aliphatic carbocycles. The van der Waals surface area contributed by atoms with Crippen molar-refractivity contribution in [3.05, 3.63) is 58.7 Å². The monoisotopic (exact) mass is 423 g/mol. The van der Waals surface area contributed by atoms with Crippen molar-refractivity contribution >= 4 is 11.6 Å². The van der Waals surface area contributed by atoms with E-state index in [-0.39, 0.29) is 11.9 Å². The standard InChI is InChI=1S/C26H37N3O2/c1-18-17-24(19(2)20(3)25(18)27)31-21(4)26(30)28(5)23-12-15-29(16-13-23)14-11-22-9-7-6-8-10-22/h6-10,17,21,23H,11-16,27H2,1-5H3. The average Bonchev–Trinajstić information content (AvgIpc) is 2.79. The molecule has 1 atom stereocenters. The van der Waals surface area contributed by atoms with Crippen molar-refractivity contribution in [2.45, 2.75) is 59.1 Å². The molecule has 2 aromatic carbocycles. The molecule has 0 radical (unpaired) electrons. The van der Waals surface area contributed by atoms with E-state index in [9.17, 15) is 4.79 Å². The molecule has 0 aromatic heterocycles. The normalized spacial score (nSPS) is 16.2. The van der Waals surface area contributed by atoms with E-state index in [1.165, 1.54) is 5.56 Å². The fraction of sp³-hybridized carbons (Fsp3) is 0.500. The number of likely N-dealkylation sites (N-methyl/N-ethyl adjacent to an activating group) is 1. The molecule has 0 spiro atoms. The van der Waals surface area contributed by atoms with Gasteiger partial charge in [-0.1, -0.05) is 30.3 Å². The minimum absolute atomic E-state index is 0.0364. The second kappa shape index (κ2) is 10.2. The second-order valence-corrected chi connectivity index (χ2v) is 8.87. The molecule has 2 aromatic rings. The predicted octanol–water partition coefficient (Wildman–Crippen LogP) is 4.13. The van der Waals surface area contributed by atoms with E-state index in [4.69, 9.17) is 10.5 Å². The molecule has 1 aliphatic rings. The molecule has 1 amide bonds. The summed E-state index contributed by atoms with van der Waals surface area (Å²) in [4.78, 5) is 17.4. The SMILES string of the molecule is Cc1cc(OC(C)C(=O)N(C)C2CCN(CCc3ccccc3)CC2)c(C)c(C)c1N. The molecule has 1 aliphatic heterocycles. The van der Waals surface area contributed by atoms with Gasteiger partial charge in [-0.3, -0.25) is 4.79 Å². The summed E-state index contributed by atoms with van der Waals surface area (Å²) in [6, 6.07) is 12.8. The van der Waals surface area contributed by atoms with Gasteiger partial charge < -0.3 is 20.3 Å². The molecule has 168 valence electrons. The first-order chi connectivity index (χ1) is 14.8. The number of carbonyl (C=O) groups is 1. The van der Waals surface area contributed by atoms with Crippen molar-refractivity contribution in [1.82, 2.24) is 9.80 Å². The lowest BCUT2D eigenvalue weighted by atomic mass is 10.0. The van der Waals surface area contributed by atoms with Crippen LogP contribution in [-0.2, 0) is 11.2 Å². The van der Waals surface area contributed by atoms with Crippen LogP contribution in [0.4, 0.5) is 5.69 Å². The number of hydrogen-bond donors (Lipinski definition) is 1. The summed E-state index contributed by atoms with van der Waals surface area (Å²) in [6.07, 6.45) is 2.55. The smallest absolute Gasteiger partial charge is 0.263 e. The zero-order valence-corrected chi connectivity index (χ0v) is 19.6. The highest BCUT2D eigenvalue weighted by Crippen LogP contribution is 2.30. The van der Waals surface area contributed by atoms with Gasteiger partial charge in [0.2, 0.25) is 0 Å². The van der Waals surface area contributed by atoms with Crippen LogP contribution in [0.25, 0.3) is 0 Å². The summed E-state index contributed by atoms with van der Waals surface area (Å²) in [5.41, 5.74) is 11.3. The topological polar surface area (TPSA) is 58.8 Å². The molecule has 1 heterocycles. The highest BCUT2D eigenvalue weighted by molar-refractivity contribution is 5.81. The van der Waals surface area contributed by atoms with Gasteiger partial charge in [0.05, 0.1) is 0 Å². The minimum Gasteiger partial charge on any atom is -0.481 e. The number of aryl methyl sites for hydroxylation is 1. The Bertz CT molecular complexity index is 889. The van der Waals surface area contributed by atoms with Gasteiger partial charge >= 0.3 is 0 Å². The lowest BCUT2D eigenvalue weighted by Gasteiger charge is -2.37. The number of benzene rings is 2. The Morgan fingerprint density at radius 2 is 1.81 bits per heavy atom. The van der Waals surface area contributed by atoms with E-state index in [0.717, 1.165) is 67.0 Å². The maximum absolute atomic E-state index is 13.0. The van der Waals surface area contributed by atoms with Gasteiger partial charge in [0.1, 0.15) is 5.75 Å². The predicted molar refractivity (Wildman–Crippen MR) is 128 cm³/mol. The van der Waals surface area contributed by atoms with Crippen LogP contribution in [-0.4, -0.2) is 54.5 Å². The van der Waals surface area contributed by atoms with Crippen molar-refractivity contribution in [3.63, 3.8) is 0 Å². The van der Waals surface area contributed by atoms with Crippen molar-refractivity contribution in [2.75, 3.05) is 32.4 Å². The van der Waals surface area contributed by atoms with E-state index in [2.05, 4.69) is 35.2 Å². The van der Waals surface area contributed by atoms with E-state index in [1.807, 2.05) is 45.7 Å². The highest BCUT2D eigenvalue weighted by Gasteiger charge is 2.29. The Morgan fingerprint density at radius 3 is 2.45 bits per heavy atom. The van der Waals surface area contributed by atoms with Crippen LogP contribution in [0.5, 0.6) is 5.75 Å². The number of carbonyl (C=O) groups excluding carboxylic acids is 1. The Hall–Kier alpha value is -2.53. The molecular weight excluding hydrogens is 386 g/mol. The van der Waals surface area contributed by atoms with E-state index < -0.39 is 6.10 Å². The second-order valence-electron chi connectivity index (χ2n) is 8.87. The number of piperidine rings is 1. The maximum atomic E-state index is 13.0. The number of rotatable bonds is 7. The maximum Gasteiger partial charge on any atom is 0.263 e. The quantitative estimate of drug-likeness (QED) is 0.681. The van der Waals surface area contributed by atoms with Gasteiger partial charge in [-0.25, -0.2) is 0 Å². The first-order valence-corrected chi connectivity index (χ1v) is 11.3. The van der Waals surface area contributed by atoms with Gasteiger partial charge in [-0.15, -0.1) is 0 Å². The third-order valence-electron chi connectivity index (χ3n) is 6.77. The molecule has 3 rings (SSSR count). The van der Waals surface area contributed by atoms with Crippen LogP contribution in [0.15, 0.2) is 36.4 Å². The summed E-state index contributed by atoms with van der Waals surface area (Å²) < 4.78 is 6.09. The Balaban J connectivity index is 1.51. The number of amides is 1. The molecule has 1 unspecified atom stereocenters. The third-order valence-corrected chi connectivity index (χ3v) is 6.77. The summed E-state index contributed by atoms with van der Waals surface area (Å²) >= 11 is 0. The Morgan fingerprint density at radius 1 is 1.16 bits per heavy atom. The largest absolute Gasteiger partial charge is 0.481 e. The van der Waals surface area contributed by atoms with Crippen molar-refractivity contribution < 1.29 is 9.53 Å². The molecule has 5 heteroatoms. The molecule has 0 bridgehead atoms. The van der Waals surface area contributed by atoms with Gasteiger partial charge in [0.25, 0.3) is 5.91 Å². The average molecular weight is 424 g/mol. The lowest BCUT2D eigenvalue weighted by Crippen LogP contribution is -2.49. The number of nitrogens with two attached hydrogens (primary N) is 1. The van der Waals surface area contributed by atoms with Crippen LogP contribution in [0, 0.1) is 20.8 Å². The molecule has 5 nitrogen and oxygen atoms in total. The number of nitrogens with zero attached hydrogens (tertiary/aromatic N) is 2. The fourth-order valence-corrected chi connectivity index (χ4v) is 4.36. The van der Waals surface area contributed by atoms with Gasteiger partial charge in [-0.05, 0) is 75.3 Å². The number of likely N-dealkylation sites (tertiary alicyclic amines) is 1. The number of nitrogen functional groups attached to an aromatic ring is 1. The molecule has 2 N–H and O–H groups in total. The van der Waals surface area contributed by atoms with Crippen LogP contribution in [0.2, 0.25) is 0 Å².